The molecule has 0 radical (unpaired) electrons. The molecule has 0 N–H and O–H groups in total. The normalized spacial score (nSPS) is 31.3. The molecule has 18 heavy (non-hydrogen) atoms. The van der Waals surface area contributed by atoms with Crippen LogP contribution in [0, 0.1) is 5.92 Å². The van der Waals surface area contributed by atoms with E-state index >= 15 is 0 Å². The van der Waals surface area contributed by atoms with Crippen molar-refractivity contribution in [2.24, 2.45) is 16.1 Å². The zero-order valence-electron chi connectivity index (χ0n) is 11.2. The standard InChI is InChI=1S/C13H17BN2O2/c1-12(2)13(3,4)18-14(17-12)10-5-6-11-9(7-10)8-15-16-11/h5-9H,1-4H3/t9-/m1/s1. The predicted octanol–water partition coefficient (Wildman–Crippen LogP) is 2.17. The smallest absolute Gasteiger partial charge is 0.399 e. The highest BCUT2D eigenvalue weighted by Crippen LogP contribution is 2.39. The first-order valence-electron chi connectivity index (χ1n) is 6.25. The van der Waals surface area contributed by atoms with Crippen LogP contribution in [0.15, 0.2) is 33.9 Å². The minimum absolute atomic E-state index is 0.170. The van der Waals surface area contributed by atoms with Gasteiger partial charge < -0.3 is 9.31 Å². The molecule has 0 aromatic rings. The van der Waals surface area contributed by atoms with E-state index in [0.717, 1.165) is 11.2 Å². The van der Waals surface area contributed by atoms with E-state index in [1.807, 2.05) is 18.4 Å². The van der Waals surface area contributed by atoms with Gasteiger partial charge in [-0.25, -0.2) is 0 Å². The van der Waals surface area contributed by atoms with Crippen LogP contribution in [0.3, 0.4) is 0 Å². The SMILES string of the molecule is CC1(C)OB(C2=C[C@@H]3C=NN=C3C=C2)OC1(C)C. The molecule has 1 saturated heterocycles. The largest absolute Gasteiger partial charge is 0.494 e. The average Bonchev–Trinajstić information content (AvgIpc) is 2.80. The molecule has 2 heterocycles. The highest BCUT2D eigenvalue weighted by Gasteiger charge is 2.52. The summed E-state index contributed by atoms with van der Waals surface area (Å²) in [6.45, 7) is 8.24. The maximum Gasteiger partial charge on any atom is 0.494 e. The molecular formula is C13H17BN2O2. The van der Waals surface area contributed by atoms with Gasteiger partial charge in [-0.1, -0.05) is 12.2 Å². The third-order valence-electron chi connectivity index (χ3n) is 4.09. The lowest BCUT2D eigenvalue weighted by Crippen LogP contribution is -2.41. The Hall–Kier alpha value is -1.20. The van der Waals surface area contributed by atoms with Crippen molar-refractivity contribution in [3.05, 3.63) is 23.7 Å². The van der Waals surface area contributed by atoms with Crippen molar-refractivity contribution in [3.63, 3.8) is 0 Å². The summed E-state index contributed by atoms with van der Waals surface area (Å²) in [7, 11) is -0.304. The molecule has 94 valence electrons. The number of rotatable bonds is 1. The van der Waals surface area contributed by atoms with Gasteiger partial charge in [0.05, 0.1) is 22.8 Å². The van der Waals surface area contributed by atoms with Crippen molar-refractivity contribution in [2.75, 3.05) is 0 Å². The minimum atomic E-state index is -0.304. The van der Waals surface area contributed by atoms with E-state index in [0.29, 0.717) is 0 Å². The highest BCUT2D eigenvalue weighted by molar-refractivity contribution is 6.56. The molecule has 0 aromatic heterocycles. The van der Waals surface area contributed by atoms with E-state index in [4.69, 9.17) is 9.31 Å². The summed E-state index contributed by atoms with van der Waals surface area (Å²) in [5.41, 5.74) is 1.43. The molecule has 5 heteroatoms. The zero-order valence-corrected chi connectivity index (χ0v) is 11.2. The Bertz CT molecular complexity index is 487. The molecule has 2 aliphatic heterocycles. The van der Waals surface area contributed by atoms with Crippen LogP contribution in [0.25, 0.3) is 0 Å². The van der Waals surface area contributed by atoms with Crippen LogP contribution in [0.1, 0.15) is 27.7 Å². The number of nitrogens with zero attached hydrogens (tertiary/aromatic N) is 2. The van der Waals surface area contributed by atoms with Crippen molar-refractivity contribution >= 4 is 19.0 Å². The molecule has 3 rings (SSSR count). The molecule has 0 unspecified atom stereocenters. The Kier molecular flexibility index (Phi) is 2.41. The first kappa shape index (κ1) is 11.9. The minimum Gasteiger partial charge on any atom is -0.399 e. The number of allylic oxidation sites excluding steroid dienone is 4. The van der Waals surface area contributed by atoms with E-state index in [-0.39, 0.29) is 24.2 Å². The number of hydrogen-bond acceptors (Lipinski definition) is 4. The first-order chi connectivity index (χ1) is 8.39. The van der Waals surface area contributed by atoms with Crippen LogP contribution >= 0.6 is 0 Å². The van der Waals surface area contributed by atoms with Gasteiger partial charge in [0, 0.05) is 6.21 Å². The molecule has 0 saturated carbocycles. The van der Waals surface area contributed by atoms with Gasteiger partial charge in [-0.05, 0) is 39.2 Å². The van der Waals surface area contributed by atoms with Crippen LogP contribution < -0.4 is 0 Å². The lowest BCUT2D eigenvalue weighted by atomic mass is 9.73. The zero-order chi connectivity index (χ0) is 13.0. The Morgan fingerprint density at radius 2 is 1.78 bits per heavy atom. The molecule has 1 fully saturated rings. The van der Waals surface area contributed by atoms with E-state index in [9.17, 15) is 0 Å². The number of fused-ring (bicyclic) bond motifs is 1. The third-order valence-corrected chi connectivity index (χ3v) is 4.09. The van der Waals surface area contributed by atoms with Crippen LogP contribution in [-0.4, -0.2) is 30.2 Å². The number of hydrogen-bond donors (Lipinski definition) is 0. The summed E-state index contributed by atoms with van der Waals surface area (Å²) in [5.74, 6) is 0.170. The van der Waals surface area contributed by atoms with Gasteiger partial charge in [0.2, 0.25) is 0 Å². The molecule has 0 amide bonds. The molecule has 3 aliphatic rings. The van der Waals surface area contributed by atoms with Gasteiger partial charge in [0.25, 0.3) is 0 Å². The Morgan fingerprint density at radius 3 is 2.44 bits per heavy atom. The third kappa shape index (κ3) is 1.69. The molecule has 1 atom stereocenters. The molecular weight excluding hydrogens is 227 g/mol. The molecule has 0 aromatic carbocycles. The maximum atomic E-state index is 6.03. The van der Waals surface area contributed by atoms with E-state index in [1.54, 1.807) is 0 Å². The maximum absolute atomic E-state index is 6.03. The van der Waals surface area contributed by atoms with Gasteiger partial charge in [0.15, 0.2) is 0 Å². The molecule has 0 bridgehead atoms. The lowest BCUT2D eigenvalue weighted by molar-refractivity contribution is 0.00578. The lowest BCUT2D eigenvalue weighted by Gasteiger charge is -2.32. The van der Waals surface area contributed by atoms with Crippen LogP contribution in [0.2, 0.25) is 0 Å². The molecule has 4 nitrogen and oxygen atoms in total. The van der Waals surface area contributed by atoms with Gasteiger partial charge >= 0.3 is 7.12 Å². The van der Waals surface area contributed by atoms with E-state index < -0.39 is 0 Å². The van der Waals surface area contributed by atoms with Crippen molar-refractivity contribution in [2.45, 2.75) is 38.9 Å². The average molecular weight is 244 g/mol. The van der Waals surface area contributed by atoms with Gasteiger partial charge in [-0.2, -0.15) is 10.2 Å². The second-order valence-electron chi connectivity index (χ2n) is 5.90. The summed E-state index contributed by atoms with van der Waals surface area (Å²) in [4.78, 5) is 0. The van der Waals surface area contributed by atoms with E-state index in [1.165, 1.54) is 0 Å². The summed E-state index contributed by atoms with van der Waals surface area (Å²) >= 11 is 0. The monoisotopic (exact) mass is 244 g/mol. The van der Waals surface area contributed by atoms with Crippen molar-refractivity contribution in [1.29, 1.82) is 0 Å². The van der Waals surface area contributed by atoms with Crippen LogP contribution in [0.4, 0.5) is 0 Å². The topological polar surface area (TPSA) is 43.2 Å². The van der Waals surface area contributed by atoms with Crippen molar-refractivity contribution in [1.82, 2.24) is 0 Å². The fourth-order valence-corrected chi connectivity index (χ4v) is 2.17. The second kappa shape index (κ2) is 3.65. The predicted molar refractivity (Wildman–Crippen MR) is 72.7 cm³/mol. The van der Waals surface area contributed by atoms with Gasteiger partial charge in [0.1, 0.15) is 0 Å². The summed E-state index contributed by atoms with van der Waals surface area (Å²) in [6, 6.07) is 0. The van der Waals surface area contributed by atoms with Crippen molar-refractivity contribution in [3.8, 4) is 0 Å². The first-order valence-corrected chi connectivity index (χ1v) is 6.25. The van der Waals surface area contributed by atoms with Crippen LogP contribution in [-0.2, 0) is 9.31 Å². The van der Waals surface area contributed by atoms with Gasteiger partial charge in [-0.15, -0.1) is 0 Å². The fourth-order valence-electron chi connectivity index (χ4n) is 2.17. The Labute approximate surface area is 108 Å². The Morgan fingerprint density at radius 1 is 1.11 bits per heavy atom. The van der Waals surface area contributed by atoms with Crippen molar-refractivity contribution < 1.29 is 9.31 Å². The molecule has 1 aliphatic carbocycles. The van der Waals surface area contributed by atoms with Gasteiger partial charge in [-0.3, -0.25) is 0 Å². The quantitative estimate of drug-likeness (QED) is 0.663. The van der Waals surface area contributed by atoms with E-state index in [2.05, 4.69) is 44.0 Å². The fraction of sp³-hybridized carbons (Fsp3) is 0.538. The summed E-state index contributed by atoms with van der Waals surface area (Å²) in [6.07, 6.45) is 7.94. The highest BCUT2D eigenvalue weighted by atomic mass is 16.7. The molecule has 0 spiro atoms. The summed E-state index contributed by atoms with van der Waals surface area (Å²) in [5, 5.41) is 7.98. The summed E-state index contributed by atoms with van der Waals surface area (Å²) < 4.78 is 12.1. The van der Waals surface area contributed by atoms with Crippen LogP contribution in [0.5, 0.6) is 0 Å². The second-order valence-corrected chi connectivity index (χ2v) is 5.90. The Balaban J connectivity index is 1.84.